The van der Waals surface area contributed by atoms with Crippen molar-refractivity contribution in [3.05, 3.63) is 30.1 Å². The number of rotatable bonds is 5. The zero-order chi connectivity index (χ0) is 12.3. The van der Waals surface area contributed by atoms with Crippen molar-refractivity contribution in [1.82, 2.24) is 30.3 Å². The molecule has 0 aromatic carbocycles. The van der Waals surface area contributed by atoms with Crippen LogP contribution in [0, 0.1) is 0 Å². The van der Waals surface area contributed by atoms with Crippen molar-refractivity contribution in [2.24, 2.45) is 0 Å². The minimum atomic E-state index is 0.153. The summed E-state index contributed by atoms with van der Waals surface area (Å²) in [4.78, 5) is 4.11. The molecule has 6 heteroatoms. The SMILES string of the molecule is CC(NCc1cnn(C(C)C)c1)c1ncn[nH]1. The molecule has 0 amide bonds. The van der Waals surface area contributed by atoms with Crippen LogP contribution in [-0.2, 0) is 6.54 Å². The molecule has 2 heterocycles. The summed E-state index contributed by atoms with van der Waals surface area (Å²) < 4.78 is 1.95. The molecule has 1 atom stereocenters. The lowest BCUT2D eigenvalue weighted by Crippen LogP contribution is -2.19. The van der Waals surface area contributed by atoms with Gasteiger partial charge in [-0.15, -0.1) is 0 Å². The third-order valence-electron chi connectivity index (χ3n) is 2.64. The topological polar surface area (TPSA) is 71.4 Å². The van der Waals surface area contributed by atoms with Crippen LogP contribution in [0.4, 0.5) is 0 Å². The quantitative estimate of drug-likeness (QED) is 0.821. The summed E-state index contributed by atoms with van der Waals surface area (Å²) in [6.07, 6.45) is 5.47. The smallest absolute Gasteiger partial charge is 0.141 e. The maximum atomic E-state index is 4.30. The second kappa shape index (κ2) is 5.09. The number of nitrogens with one attached hydrogen (secondary N) is 2. The first-order valence-corrected chi connectivity index (χ1v) is 5.78. The van der Waals surface area contributed by atoms with Crippen molar-refractivity contribution in [3.8, 4) is 0 Å². The number of nitrogens with zero attached hydrogens (tertiary/aromatic N) is 4. The molecule has 6 nitrogen and oxygen atoms in total. The summed E-state index contributed by atoms with van der Waals surface area (Å²) in [5.41, 5.74) is 1.17. The van der Waals surface area contributed by atoms with Crippen molar-refractivity contribution < 1.29 is 0 Å². The Morgan fingerprint density at radius 3 is 2.82 bits per heavy atom. The van der Waals surface area contributed by atoms with Crippen molar-refractivity contribution in [2.45, 2.75) is 39.4 Å². The lowest BCUT2D eigenvalue weighted by Gasteiger charge is -2.09. The molecule has 0 saturated carbocycles. The number of hydrogen-bond acceptors (Lipinski definition) is 4. The highest BCUT2D eigenvalue weighted by Crippen LogP contribution is 2.08. The normalized spacial score (nSPS) is 13.2. The molecule has 92 valence electrons. The minimum Gasteiger partial charge on any atom is -0.303 e. The molecule has 2 aromatic heterocycles. The molecule has 0 aliphatic rings. The Hall–Kier alpha value is -1.69. The van der Waals surface area contributed by atoms with Crippen LogP contribution in [0.25, 0.3) is 0 Å². The van der Waals surface area contributed by atoms with E-state index in [1.165, 1.54) is 11.9 Å². The lowest BCUT2D eigenvalue weighted by molar-refractivity contribution is 0.528. The molecule has 0 aliphatic heterocycles. The first-order valence-electron chi connectivity index (χ1n) is 5.78. The van der Waals surface area contributed by atoms with E-state index in [0.717, 1.165) is 12.4 Å². The summed E-state index contributed by atoms with van der Waals surface area (Å²) in [5, 5.41) is 14.3. The van der Waals surface area contributed by atoms with E-state index < -0.39 is 0 Å². The van der Waals surface area contributed by atoms with Crippen molar-refractivity contribution in [2.75, 3.05) is 0 Å². The zero-order valence-corrected chi connectivity index (χ0v) is 10.4. The van der Waals surface area contributed by atoms with Crippen molar-refractivity contribution in [3.63, 3.8) is 0 Å². The predicted octanol–water partition coefficient (Wildman–Crippen LogP) is 1.43. The van der Waals surface area contributed by atoms with Crippen LogP contribution in [0.5, 0.6) is 0 Å². The molecule has 2 aromatic rings. The van der Waals surface area contributed by atoms with Crippen LogP contribution in [0.2, 0.25) is 0 Å². The Morgan fingerprint density at radius 1 is 1.41 bits per heavy atom. The Balaban J connectivity index is 1.89. The van der Waals surface area contributed by atoms with E-state index in [0.29, 0.717) is 6.04 Å². The third-order valence-corrected chi connectivity index (χ3v) is 2.64. The highest BCUT2D eigenvalue weighted by molar-refractivity contribution is 5.04. The average Bonchev–Trinajstić information content (AvgIpc) is 2.97. The predicted molar refractivity (Wildman–Crippen MR) is 64.2 cm³/mol. The van der Waals surface area contributed by atoms with E-state index in [1.54, 1.807) is 0 Å². The molecular formula is C11H18N6. The molecule has 0 fully saturated rings. The highest BCUT2D eigenvalue weighted by Gasteiger charge is 2.08. The maximum absolute atomic E-state index is 4.30. The molecule has 1 unspecified atom stereocenters. The Bertz CT molecular complexity index is 444. The summed E-state index contributed by atoms with van der Waals surface area (Å²) in [5.74, 6) is 0.848. The van der Waals surface area contributed by atoms with Gasteiger partial charge in [0.1, 0.15) is 12.2 Å². The van der Waals surface area contributed by atoms with Crippen molar-refractivity contribution in [1.29, 1.82) is 0 Å². The summed E-state index contributed by atoms with van der Waals surface area (Å²) in [6.45, 7) is 7.05. The monoisotopic (exact) mass is 234 g/mol. The Labute approximate surface area is 100 Å². The van der Waals surface area contributed by atoms with Gasteiger partial charge in [0.15, 0.2) is 0 Å². The molecule has 0 radical (unpaired) electrons. The van der Waals surface area contributed by atoms with E-state index >= 15 is 0 Å². The number of hydrogen-bond donors (Lipinski definition) is 2. The van der Waals surface area contributed by atoms with E-state index in [4.69, 9.17) is 0 Å². The van der Waals surface area contributed by atoms with Crippen LogP contribution in [0.3, 0.4) is 0 Å². The molecule has 0 spiro atoms. The number of aromatic amines is 1. The van der Waals surface area contributed by atoms with Gasteiger partial charge in [-0.25, -0.2) is 4.98 Å². The van der Waals surface area contributed by atoms with Gasteiger partial charge in [-0.1, -0.05) is 0 Å². The fourth-order valence-electron chi connectivity index (χ4n) is 1.54. The molecule has 0 saturated heterocycles. The lowest BCUT2D eigenvalue weighted by atomic mass is 10.3. The number of aromatic nitrogens is 5. The Kier molecular flexibility index (Phi) is 3.53. The van der Waals surface area contributed by atoms with Gasteiger partial charge in [-0.3, -0.25) is 9.78 Å². The first kappa shape index (κ1) is 11.8. The fourth-order valence-corrected chi connectivity index (χ4v) is 1.54. The molecule has 2 rings (SSSR count). The van der Waals surface area contributed by atoms with Gasteiger partial charge in [0.25, 0.3) is 0 Å². The minimum absolute atomic E-state index is 0.153. The molecule has 17 heavy (non-hydrogen) atoms. The average molecular weight is 234 g/mol. The van der Waals surface area contributed by atoms with Crippen LogP contribution in [0.1, 0.15) is 44.2 Å². The fraction of sp³-hybridized carbons (Fsp3) is 0.545. The second-order valence-electron chi connectivity index (χ2n) is 4.40. The second-order valence-corrected chi connectivity index (χ2v) is 4.40. The van der Waals surface area contributed by atoms with Gasteiger partial charge in [0, 0.05) is 24.3 Å². The van der Waals surface area contributed by atoms with Gasteiger partial charge in [0.2, 0.25) is 0 Å². The van der Waals surface area contributed by atoms with Gasteiger partial charge in [0.05, 0.1) is 12.2 Å². The van der Waals surface area contributed by atoms with Gasteiger partial charge in [-0.05, 0) is 20.8 Å². The van der Waals surface area contributed by atoms with E-state index in [2.05, 4.69) is 45.6 Å². The third kappa shape index (κ3) is 2.91. The molecular weight excluding hydrogens is 216 g/mol. The first-order chi connectivity index (χ1) is 8.16. The molecule has 2 N–H and O–H groups in total. The van der Waals surface area contributed by atoms with Crippen LogP contribution in [0.15, 0.2) is 18.7 Å². The van der Waals surface area contributed by atoms with E-state index in [9.17, 15) is 0 Å². The summed E-state index contributed by atoms with van der Waals surface area (Å²) in [6, 6.07) is 0.551. The standard InChI is InChI=1S/C11H18N6/c1-8(2)17-6-10(5-15-17)4-12-9(3)11-13-7-14-16-11/h5-9,12H,4H2,1-3H3,(H,13,14,16). The summed E-state index contributed by atoms with van der Waals surface area (Å²) >= 11 is 0. The molecule has 0 bridgehead atoms. The highest BCUT2D eigenvalue weighted by atomic mass is 15.3. The van der Waals surface area contributed by atoms with Crippen LogP contribution in [-0.4, -0.2) is 25.0 Å². The van der Waals surface area contributed by atoms with Crippen LogP contribution >= 0.6 is 0 Å². The van der Waals surface area contributed by atoms with Gasteiger partial charge < -0.3 is 5.32 Å². The molecule has 0 aliphatic carbocycles. The Morgan fingerprint density at radius 2 is 2.24 bits per heavy atom. The number of H-pyrrole nitrogens is 1. The maximum Gasteiger partial charge on any atom is 0.141 e. The van der Waals surface area contributed by atoms with Crippen LogP contribution < -0.4 is 5.32 Å². The van der Waals surface area contributed by atoms with Crippen molar-refractivity contribution >= 4 is 0 Å². The zero-order valence-electron chi connectivity index (χ0n) is 10.4. The summed E-state index contributed by atoms with van der Waals surface area (Å²) in [7, 11) is 0. The largest absolute Gasteiger partial charge is 0.303 e. The van der Waals surface area contributed by atoms with Gasteiger partial charge >= 0.3 is 0 Å². The van der Waals surface area contributed by atoms with E-state index in [-0.39, 0.29) is 6.04 Å². The van der Waals surface area contributed by atoms with Gasteiger partial charge in [-0.2, -0.15) is 10.2 Å². The van der Waals surface area contributed by atoms with E-state index in [1.807, 2.05) is 17.8 Å².